The number of anilines is 1. The van der Waals surface area contributed by atoms with Gasteiger partial charge in [0.05, 0.1) is 0 Å². The first-order valence-corrected chi connectivity index (χ1v) is 11.4. The van der Waals surface area contributed by atoms with Crippen molar-refractivity contribution in [2.24, 2.45) is 5.92 Å². The fourth-order valence-corrected chi connectivity index (χ4v) is 5.08. The molecule has 1 saturated heterocycles. The minimum absolute atomic E-state index is 0.0510. The van der Waals surface area contributed by atoms with E-state index in [4.69, 9.17) is 0 Å². The number of hydrogen-bond acceptors (Lipinski definition) is 5. The smallest absolute Gasteiger partial charge is 0.322 e. The third-order valence-electron chi connectivity index (χ3n) is 7.09. The molecule has 32 heavy (non-hydrogen) atoms. The van der Waals surface area contributed by atoms with Gasteiger partial charge in [0.25, 0.3) is 5.91 Å². The molecule has 1 aromatic carbocycles. The first-order chi connectivity index (χ1) is 15.4. The van der Waals surface area contributed by atoms with Crippen molar-refractivity contribution >= 4 is 23.5 Å². The molecule has 1 aliphatic carbocycles. The lowest BCUT2D eigenvalue weighted by Crippen LogP contribution is -2.50. The van der Waals surface area contributed by atoms with Gasteiger partial charge in [0.2, 0.25) is 5.91 Å². The van der Waals surface area contributed by atoms with Crippen molar-refractivity contribution in [1.29, 1.82) is 0 Å². The highest BCUT2D eigenvalue weighted by Gasteiger charge is 2.48. The van der Waals surface area contributed by atoms with E-state index in [1.165, 1.54) is 6.42 Å². The van der Waals surface area contributed by atoms with E-state index in [9.17, 15) is 14.4 Å². The number of nitrogens with zero attached hydrogens (tertiary/aromatic N) is 3. The number of benzene rings is 1. The quantitative estimate of drug-likeness (QED) is 0.640. The van der Waals surface area contributed by atoms with Gasteiger partial charge in [0, 0.05) is 30.1 Å². The van der Waals surface area contributed by atoms with Gasteiger partial charge in [-0.05, 0) is 57.1 Å². The fraction of sp³-hybridized carbons (Fsp3) is 0.522. The van der Waals surface area contributed by atoms with Crippen molar-refractivity contribution in [3.8, 4) is 11.4 Å². The van der Waals surface area contributed by atoms with Gasteiger partial charge in [-0.3, -0.25) is 14.9 Å². The standard InChI is InChI=1S/C23H28N6O3/c1-14-6-7-16(19-28-27-18-5-3-2-4-12-29(18)19)13-17(14)24-20(30)15-8-10-23(11-9-15)21(31)25-22(32)26-23/h6-7,13,15H,2-5,8-12H2,1H3,(H,24,30)(H2,25,26,31,32). The molecule has 9 heteroatoms. The van der Waals surface area contributed by atoms with E-state index in [-0.39, 0.29) is 17.7 Å². The summed E-state index contributed by atoms with van der Waals surface area (Å²) in [5.74, 6) is 1.35. The second-order valence-corrected chi connectivity index (χ2v) is 9.19. The summed E-state index contributed by atoms with van der Waals surface area (Å²) in [6.45, 7) is 2.89. The predicted octanol–water partition coefficient (Wildman–Crippen LogP) is 2.69. The third-order valence-corrected chi connectivity index (χ3v) is 7.09. The van der Waals surface area contributed by atoms with Crippen LogP contribution in [0.3, 0.4) is 0 Å². The molecular formula is C23H28N6O3. The number of rotatable bonds is 3. The van der Waals surface area contributed by atoms with Crippen LogP contribution in [0.1, 0.15) is 56.3 Å². The summed E-state index contributed by atoms with van der Waals surface area (Å²) in [6, 6.07) is 5.55. The van der Waals surface area contributed by atoms with Gasteiger partial charge >= 0.3 is 6.03 Å². The van der Waals surface area contributed by atoms with E-state index in [0.717, 1.165) is 54.3 Å². The van der Waals surface area contributed by atoms with Crippen molar-refractivity contribution in [2.45, 2.75) is 70.4 Å². The fourth-order valence-electron chi connectivity index (χ4n) is 5.08. The maximum absolute atomic E-state index is 13.0. The molecule has 1 spiro atoms. The number of aromatic nitrogens is 3. The van der Waals surface area contributed by atoms with Gasteiger partial charge in [-0.2, -0.15) is 0 Å². The van der Waals surface area contributed by atoms with Crippen molar-refractivity contribution in [3.63, 3.8) is 0 Å². The van der Waals surface area contributed by atoms with Gasteiger partial charge < -0.3 is 15.2 Å². The highest BCUT2D eigenvalue weighted by Crippen LogP contribution is 2.35. The van der Waals surface area contributed by atoms with Gasteiger partial charge in [-0.25, -0.2) is 4.79 Å². The number of urea groups is 1. The molecule has 1 aromatic heterocycles. The minimum Gasteiger partial charge on any atom is -0.326 e. The van der Waals surface area contributed by atoms with Crippen molar-refractivity contribution in [1.82, 2.24) is 25.4 Å². The minimum atomic E-state index is -0.852. The van der Waals surface area contributed by atoms with E-state index < -0.39 is 11.6 Å². The van der Waals surface area contributed by atoms with Crippen LogP contribution in [-0.2, 0) is 22.6 Å². The van der Waals surface area contributed by atoms with E-state index in [2.05, 4.69) is 30.7 Å². The molecule has 3 heterocycles. The third kappa shape index (κ3) is 3.65. The maximum Gasteiger partial charge on any atom is 0.322 e. The number of fused-ring (bicyclic) bond motifs is 1. The summed E-state index contributed by atoms with van der Waals surface area (Å²) in [5.41, 5.74) is 1.84. The Bertz CT molecular complexity index is 1080. The van der Waals surface area contributed by atoms with Gasteiger partial charge in [-0.1, -0.05) is 18.6 Å². The summed E-state index contributed by atoms with van der Waals surface area (Å²) in [7, 11) is 0. The van der Waals surface area contributed by atoms with Gasteiger partial charge in [-0.15, -0.1) is 10.2 Å². The molecule has 5 rings (SSSR count). The topological polar surface area (TPSA) is 118 Å². The number of carbonyl (C=O) groups is 3. The summed E-state index contributed by atoms with van der Waals surface area (Å²) in [4.78, 5) is 36.7. The molecular weight excluding hydrogens is 408 g/mol. The molecule has 2 aromatic rings. The Morgan fingerprint density at radius 2 is 1.97 bits per heavy atom. The first-order valence-electron chi connectivity index (χ1n) is 11.4. The Morgan fingerprint density at radius 3 is 2.72 bits per heavy atom. The SMILES string of the molecule is Cc1ccc(-c2nnc3n2CCCCC3)cc1NC(=O)C1CCC2(CC1)NC(=O)NC2=O. The van der Waals surface area contributed by atoms with Crippen LogP contribution >= 0.6 is 0 Å². The average molecular weight is 437 g/mol. The molecule has 0 unspecified atom stereocenters. The molecule has 2 fully saturated rings. The first kappa shape index (κ1) is 20.7. The van der Waals surface area contributed by atoms with Crippen molar-refractivity contribution in [3.05, 3.63) is 29.6 Å². The van der Waals surface area contributed by atoms with E-state index in [0.29, 0.717) is 25.7 Å². The van der Waals surface area contributed by atoms with E-state index in [1.807, 2.05) is 25.1 Å². The van der Waals surface area contributed by atoms with Crippen LogP contribution in [-0.4, -0.2) is 38.1 Å². The molecule has 4 amide bonds. The zero-order valence-corrected chi connectivity index (χ0v) is 18.2. The number of aryl methyl sites for hydroxylation is 2. The number of nitrogens with one attached hydrogen (secondary N) is 3. The van der Waals surface area contributed by atoms with Crippen molar-refractivity contribution in [2.75, 3.05) is 5.32 Å². The second-order valence-electron chi connectivity index (χ2n) is 9.19. The number of amides is 4. The maximum atomic E-state index is 13.0. The lowest BCUT2D eigenvalue weighted by molar-refractivity contribution is -0.128. The largest absolute Gasteiger partial charge is 0.326 e. The monoisotopic (exact) mass is 436 g/mol. The molecule has 3 aliphatic rings. The van der Waals surface area contributed by atoms with Crippen LogP contribution in [0.15, 0.2) is 18.2 Å². The second kappa shape index (κ2) is 8.03. The molecule has 0 radical (unpaired) electrons. The Labute approximate surface area is 186 Å². The normalized spacial score (nSPS) is 25.1. The summed E-state index contributed by atoms with van der Waals surface area (Å²) in [6.07, 6.45) is 6.44. The Hall–Kier alpha value is -3.23. The number of hydrogen-bond donors (Lipinski definition) is 3. The van der Waals surface area contributed by atoms with Crippen molar-refractivity contribution < 1.29 is 14.4 Å². The zero-order chi connectivity index (χ0) is 22.3. The number of imide groups is 1. The molecule has 1 saturated carbocycles. The van der Waals surface area contributed by atoms with E-state index in [1.54, 1.807) is 0 Å². The average Bonchev–Trinajstić information content (AvgIpc) is 3.19. The lowest BCUT2D eigenvalue weighted by Gasteiger charge is -2.34. The van der Waals surface area contributed by atoms with E-state index >= 15 is 0 Å². The van der Waals surface area contributed by atoms with Gasteiger partial charge in [0.15, 0.2) is 5.82 Å². The molecule has 0 bridgehead atoms. The highest BCUT2D eigenvalue weighted by atomic mass is 16.2. The molecule has 168 valence electrons. The lowest BCUT2D eigenvalue weighted by atomic mass is 9.76. The molecule has 0 atom stereocenters. The zero-order valence-electron chi connectivity index (χ0n) is 18.2. The number of carbonyl (C=O) groups excluding carboxylic acids is 3. The van der Waals surface area contributed by atoms with Crippen LogP contribution in [0.5, 0.6) is 0 Å². The Balaban J connectivity index is 1.30. The van der Waals surface area contributed by atoms with Crippen LogP contribution < -0.4 is 16.0 Å². The van der Waals surface area contributed by atoms with Crippen LogP contribution in [0, 0.1) is 12.8 Å². The summed E-state index contributed by atoms with van der Waals surface area (Å²) >= 11 is 0. The van der Waals surface area contributed by atoms with Crippen LogP contribution in [0.4, 0.5) is 10.5 Å². The summed E-state index contributed by atoms with van der Waals surface area (Å²) < 4.78 is 2.20. The highest BCUT2D eigenvalue weighted by molar-refractivity contribution is 6.07. The Morgan fingerprint density at radius 1 is 1.16 bits per heavy atom. The van der Waals surface area contributed by atoms with Crippen LogP contribution in [0.2, 0.25) is 0 Å². The summed E-state index contributed by atoms with van der Waals surface area (Å²) in [5, 5.41) is 17.0. The molecule has 3 N–H and O–H groups in total. The van der Waals surface area contributed by atoms with Gasteiger partial charge in [0.1, 0.15) is 11.4 Å². The van der Waals surface area contributed by atoms with Crippen LogP contribution in [0.25, 0.3) is 11.4 Å². The molecule has 9 nitrogen and oxygen atoms in total. The molecule has 2 aliphatic heterocycles. The predicted molar refractivity (Wildman–Crippen MR) is 118 cm³/mol. The Kier molecular flexibility index (Phi) is 5.19.